The van der Waals surface area contributed by atoms with Crippen molar-refractivity contribution in [3.63, 3.8) is 0 Å². The van der Waals surface area contributed by atoms with E-state index in [9.17, 15) is 9.59 Å². The molecular formula is C20H30N2O2. The van der Waals surface area contributed by atoms with Gasteiger partial charge in [-0.2, -0.15) is 0 Å². The van der Waals surface area contributed by atoms with E-state index in [0.29, 0.717) is 23.9 Å². The summed E-state index contributed by atoms with van der Waals surface area (Å²) in [4.78, 5) is 26.2. The van der Waals surface area contributed by atoms with Crippen LogP contribution < -0.4 is 10.6 Å². The molecule has 0 aliphatic heterocycles. The monoisotopic (exact) mass is 330 g/mol. The van der Waals surface area contributed by atoms with Crippen molar-refractivity contribution < 1.29 is 9.59 Å². The van der Waals surface area contributed by atoms with E-state index in [1.807, 2.05) is 0 Å². The quantitative estimate of drug-likeness (QED) is 0.833. The van der Waals surface area contributed by atoms with Crippen LogP contribution >= 0.6 is 0 Å². The summed E-state index contributed by atoms with van der Waals surface area (Å²) in [5, 5.41) is 6.64. The highest BCUT2D eigenvalue weighted by atomic mass is 16.2. The minimum atomic E-state index is -0.239. The lowest BCUT2D eigenvalue weighted by atomic mass is 9.43. The maximum atomic E-state index is 13.1. The molecule has 6 aliphatic rings. The molecule has 0 aromatic carbocycles. The van der Waals surface area contributed by atoms with Crippen molar-refractivity contribution in [1.29, 1.82) is 0 Å². The molecular weight excluding hydrogens is 300 g/mol. The molecule has 0 spiro atoms. The van der Waals surface area contributed by atoms with E-state index in [-0.39, 0.29) is 22.6 Å². The molecule has 132 valence electrons. The lowest BCUT2D eigenvalue weighted by molar-refractivity contribution is -0.168. The Hall–Kier alpha value is -1.06. The zero-order valence-electron chi connectivity index (χ0n) is 14.6. The van der Waals surface area contributed by atoms with Gasteiger partial charge in [0.25, 0.3) is 0 Å². The van der Waals surface area contributed by atoms with Crippen LogP contribution in [0.1, 0.15) is 77.0 Å². The number of nitrogens with one attached hydrogen (secondary N) is 2. The lowest BCUT2D eigenvalue weighted by Gasteiger charge is -2.60. The Morgan fingerprint density at radius 2 is 1.12 bits per heavy atom. The minimum absolute atomic E-state index is 0.239. The Bertz CT molecular complexity index is 504. The van der Waals surface area contributed by atoms with Crippen LogP contribution in [0.25, 0.3) is 0 Å². The summed E-state index contributed by atoms with van der Waals surface area (Å²) in [6, 6.07) is 0.815. The summed E-state index contributed by atoms with van der Waals surface area (Å²) in [5.74, 6) is 1.74. The van der Waals surface area contributed by atoms with Crippen molar-refractivity contribution in [2.24, 2.45) is 22.7 Å². The molecule has 0 aromatic heterocycles. The van der Waals surface area contributed by atoms with Crippen LogP contribution in [0.4, 0.5) is 0 Å². The lowest BCUT2D eigenvalue weighted by Crippen LogP contribution is -2.63. The molecule has 0 saturated heterocycles. The van der Waals surface area contributed by atoms with Gasteiger partial charge in [-0.25, -0.2) is 0 Å². The molecule has 24 heavy (non-hydrogen) atoms. The number of rotatable bonds is 4. The third-order valence-electron chi connectivity index (χ3n) is 7.91. The van der Waals surface area contributed by atoms with Crippen molar-refractivity contribution in [1.82, 2.24) is 10.6 Å². The molecule has 0 atom stereocenters. The Morgan fingerprint density at radius 3 is 1.46 bits per heavy atom. The molecule has 4 nitrogen and oxygen atoms in total. The van der Waals surface area contributed by atoms with Crippen molar-refractivity contribution in [2.75, 3.05) is 0 Å². The smallest absolute Gasteiger partial charge is 0.226 e. The third kappa shape index (κ3) is 2.24. The van der Waals surface area contributed by atoms with Gasteiger partial charge in [0, 0.05) is 12.1 Å². The molecule has 6 aliphatic carbocycles. The first-order valence-corrected chi connectivity index (χ1v) is 10.2. The van der Waals surface area contributed by atoms with Gasteiger partial charge in [0.15, 0.2) is 0 Å². The number of carbonyl (C=O) groups excluding carboxylic acids is 2. The van der Waals surface area contributed by atoms with Gasteiger partial charge in [-0.15, -0.1) is 0 Å². The molecule has 0 aromatic rings. The van der Waals surface area contributed by atoms with Gasteiger partial charge in [-0.3, -0.25) is 9.59 Å². The van der Waals surface area contributed by atoms with Gasteiger partial charge in [0.05, 0.1) is 10.8 Å². The molecule has 6 rings (SSSR count). The molecule has 0 heterocycles. The van der Waals surface area contributed by atoms with E-state index in [4.69, 9.17) is 0 Å². The first-order valence-electron chi connectivity index (χ1n) is 10.2. The summed E-state index contributed by atoms with van der Waals surface area (Å²) >= 11 is 0. The van der Waals surface area contributed by atoms with Gasteiger partial charge in [0.2, 0.25) is 11.8 Å². The fraction of sp³-hybridized carbons (Fsp3) is 0.900. The maximum Gasteiger partial charge on any atom is 0.226 e. The van der Waals surface area contributed by atoms with Gasteiger partial charge in [-0.05, 0) is 88.9 Å². The molecule has 4 heteroatoms. The summed E-state index contributed by atoms with van der Waals surface area (Å²) in [6.45, 7) is 0. The molecule has 2 N–H and O–H groups in total. The molecule has 2 amide bonds. The second kappa shape index (κ2) is 5.22. The highest BCUT2D eigenvalue weighted by Gasteiger charge is 2.63. The Labute approximate surface area is 144 Å². The first-order chi connectivity index (χ1) is 11.6. The van der Waals surface area contributed by atoms with Crippen molar-refractivity contribution in [2.45, 2.75) is 89.1 Å². The van der Waals surface area contributed by atoms with E-state index >= 15 is 0 Å². The van der Waals surface area contributed by atoms with E-state index in [2.05, 4.69) is 10.6 Å². The van der Waals surface area contributed by atoms with Crippen LogP contribution in [0.15, 0.2) is 0 Å². The molecule has 6 fully saturated rings. The second-order valence-electron chi connectivity index (χ2n) is 9.72. The number of amides is 2. The molecule has 6 saturated carbocycles. The van der Waals surface area contributed by atoms with Gasteiger partial charge in [0.1, 0.15) is 0 Å². The summed E-state index contributed by atoms with van der Waals surface area (Å²) in [5.41, 5.74) is -0.479. The van der Waals surface area contributed by atoms with Crippen molar-refractivity contribution in [3.8, 4) is 0 Å². The van der Waals surface area contributed by atoms with Gasteiger partial charge >= 0.3 is 0 Å². The second-order valence-corrected chi connectivity index (χ2v) is 9.72. The van der Waals surface area contributed by atoms with Crippen LogP contribution in [0.2, 0.25) is 0 Å². The standard InChI is InChI=1S/C20H30N2O2/c23-17(21-15-3-1-4-15)19-8-13-7-14(9-19)11-20(10-13,12-19)18(24)22-16-5-2-6-16/h13-16H,1-12H2,(H,21,23)(H,22,24). The van der Waals surface area contributed by atoms with Crippen molar-refractivity contribution in [3.05, 3.63) is 0 Å². The van der Waals surface area contributed by atoms with E-state index in [1.54, 1.807) is 0 Å². The van der Waals surface area contributed by atoms with Crippen molar-refractivity contribution >= 4 is 11.8 Å². The Morgan fingerprint density at radius 1 is 0.708 bits per heavy atom. The van der Waals surface area contributed by atoms with Crippen LogP contribution in [0.3, 0.4) is 0 Å². The van der Waals surface area contributed by atoms with Gasteiger partial charge < -0.3 is 10.6 Å². The summed E-state index contributed by atoms with van der Waals surface area (Å²) < 4.78 is 0. The largest absolute Gasteiger partial charge is 0.353 e. The minimum Gasteiger partial charge on any atom is -0.353 e. The highest BCUT2D eigenvalue weighted by molar-refractivity contribution is 5.88. The first kappa shape index (κ1) is 15.2. The predicted octanol–water partition coefficient (Wildman–Crippen LogP) is 2.91. The summed E-state index contributed by atoms with van der Waals surface area (Å²) in [6.07, 6.45) is 13.2. The zero-order chi connectivity index (χ0) is 16.4. The van der Waals surface area contributed by atoms with Gasteiger partial charge in [-0.1, -0.05) is 0 Å². The highest BCUT2D eigenvalue weighted by Crippen LogP contribution is 2.65. The maximum absolute atomic E-state index is 13.1. The molecule has 0 unspecified atom stereocenters. The zero-order valence-corrected chi connectivity index (χ0v) is 14.6. The fourth-order valence-electron chi connectivity index (χ4n) is 6.58. The number of hydrogen-bond donors (Lipinski definition) is 2. The summed E-state index contributed by atoms with van der Waals surface area (Å²) in [7, 11) is 0. The topological polar surface area (TPSA) is 58.2 Å². The van der Waals surface area contributed by atoms with Crippen LogP contribution in [-0.2, 0) is 9.59 Å². The van der Waals surface area contributed by atoms with Crippen LogP contribution in [0.5, 0.6) is 0 Å². The third-order valence-corrected chi connectivity index (χ3v) is 7.91. The van der Waals surface area contributed by atoms with E-state index < -0.39 is 0 Å². The average Bonchev–Trinajstić information content (AvgIpc) is 2.44. The molecule has 4 bridgehead atoms. The number of carbonyl (C=O) groups is 2. The van der Waals surface area contributed by atoms with E-state index in [0.717, 1.165) is 57.8 Å². The van der Waals surface area contributed by atoms with Crippen LogP contribution in [-0.4, -0.2) is 23.9 Å². The van der Waals surface area contributed by atoms with Crippen LogP contribution in [0, 0.1) is 22.7 Å². The predicted molar refractivity (Wildman–Crippen MR) is 91.1 cm³/mol. The average molecular weight is 330 g/mol. The SMILES string of the molecule is O=C(NC1CCC1)C12CC3CC(C1)CC(C(=O)NC1CCC1)(C3)C2. The van der Waals surface area contributed by atoms with E-state index in [1.165, 1.54) is 19.3 Å². The normalized spacial score (nSPS) is 43.8. The molecule has 0 radical (unpaired) electrons. The Balaban J connectivity index is 1.37. The fourth-order valence-corrected chi connectivity index (χ4v) is 6.58. The number of hydrogen-bond acceptors (Lipinski definition) is 2. The Kier molecular flexibility index (Phi) is 3.31.